The lowest BCUT2D eigenvalue weighted by molar-refractivity contribution is -0.160. The molecule has 210 valence electrons. The Kier molecular flexibility index (Phi) is 10.1. The lowest BCUT2D eigenvalue weighted by Gasteiger charge is -2.40. The minimum absolute atomic E-state index is 0.244. The molecule has 2 aromatic heterocycles. The summed E-state index contributed by atoms with van der Waals surface area (Å²) < 4.78 is 17.1. The first-order valence-corrected chi connectivity index (χ1v) is 13.6. The van der Waals surface area contributed by atoms with Crippen LogP contribution in [0, 0.1) is 12.3 Å². The smallest absolute Gasteiger partial charge is 0.337 e. The SMILES string of the molecule is COCCCCCOc1ccc(-c2cnc(C)c([C@H](OC(C)(C)C)C(=O)O)c2N2CCC(C)(C)CC2)nc1. The molecule has 1 aliphatic heterocycles. The predicted molar refractivity (Wildman–Crippen MR) is 150 cm³/mol. The topological polar surface area (TPSA) is 94.0 Å². The van der Waals surface area contributed by atoms with E-state index in [9.17, 15) is 9.90 Å². The van der Waals surface area contributed by atoms with Crippen LogP contribution in [0.25, 0.3) is 11.3 Å². The number of aryl methyl sites for hydroxylation is 1. The van der Waals surface area contributed by atoms with Gasteiger partial charge < -0.3 is 24.2 Å². The van der Waals surface area contributed by atoms with E-state index in [4.69, 9.17) is 19.2 Å². The Morgan fingerprint density at radius 2 is 1.76 bits per heavy atom. The van der Waals surface area contributed by atoms with Crippen LogP contribution in [0.1, 0.15) is 84.1 Å². The van der Waals surface area contributed by atoms with Gasteiger partial charge in [0.15, 0.2) is 6.10 Å². The second-order valence-corrected chi connectivity index (χ2v) is 11.9. The summed E-state index contributed by atoms with van der Waals surface area (Å²) in [6, 6.07) is 3.84. The molecule has 1 aliphatic rings. The van der Waals surface area contributed by atoms with E-state index in [0.29, 0.717) is 23.6 Å². The molecule has 1 atom stereocenters. The van der Waals surface area contributed by atoms with Crippen molar-refractivity contribution < 1.29 is 24.1 Å². The molecule has 1 N–H and O–H groups in total. The molecule has 38 heavy (non-hydrogen) atoms. The van der Waals surface area contributed by atoms with Crippen LogP contribution in [0.4, 0.5) is 5.69 Å². The number of aliphatic carboxylic acids is 1. The third kappa shape index (κ3) is 8.14. The Balaban J connectivity index is 1.97. The molecule has 0 saturated carbocycles. The molecule has 8 heteroatoms. The number of ether oxygens (including phenoxy) is 3. The van der Waals surface area contributed by atoms with Gasteiger partial charge in [0.25, 0.3) is 0 Å². The summed E-state index contributed by atoms with van der Waals surface area (Å²) >= 11 is 0. The van der Waals surface area contributed by atoms with Crippen LogP contribution in [-0.4, -0.2) is 60.1 Å². The van der Waals surface area contributed by atoms with E-state index in [-0.39, 0.29) is 5.41 Å². The fourth-order valence-electron chi connectivity index (χ4n) is 4.71. The number of nitrogens with zero attached hydrogens (tertiary/aromatic N) is 3. The number of unbranched alkanes of at least 4 members (excludes halogenated alkanes) is 2. The molecular formula is C30H45N3O5. The van der Waals surface area contributed by atoms with Crippen molar-refractivity contribution in [2.75, 3.05) is 38.3 Å². The molecular weight excluding hydrogens is 482 g/mol. The van der Waals surface area contributed by atoms with Crippen molar-refractivity contribution in [1.29, 1.82) is 0 Å². The van der Waals surface area contributed by atoms with Crippen molar-refractivity contribution in [2.45, 2.75) is 85.4 Å². The number of carboxylic acids is 1. The second-order valence-electron chi connectivity index (χ2n) is 11.9. The number of pyridine rings is 2. The average Bonchev–Trinajstić information content (AvgIpc) is 2.85. The van der Waals surface area contributed by atoms with Crippen LogP contribution in [0.5, 0.6) is 5.75 Å². The molecule has 1 saturated heterocycles. The first-order valence-electron chi connectivity index (χ1n) is 13.6. The van der Waals surface area contributed by atoms with Gasteiger partial charge in [0.05, 0.1) is 29.8 Å². The Bertz CT molecular complexity index is 1050. The molecule has 0 spiro atoms. The summed E-state index contributed by atoms with van der Waals surface area (Å²) in [5.74, 6) is -0.315. The van der Waals surface area contributed by atoms with Gasteiger partial charge in [0, 0.05) is 49.8 Å². The highest BCUT2D eigenvalue weighted by Gasteiger charge is 2.36. The lowest BCUT2D eigenvalue weighted by atomic mass is 9.82. The van der Waals surface area contributed by atoms with Crippen LogP contribution in [0.15, 0.2) is 24.5 Å². The molecule has 0 amide bonds. The lowest BCUT2D eigenvalue weighted by Crippen LogP contribution is -2.39. The van der Waals surface area contributed by atoms with Gasteiger partial charge in [-0.15, -0.1) is 0 Å². The van der Waals surface area contributed by atoms with Gasteiger partial charge in [-0.3, -0.25) is 9.97 Å². The van der Waals surface area contributed by atoms with Crippen LogP contribution in [-0.2, 0) is 14.3 Å². The van der Waals surface area contributed by atoms with Gasteiger partial charge in [-0.25, -0.2) is 4.79 Å². The normalized spacial score (nSPS) is 16.3. The van der Waals surface area contributed by atoms with Gasteiger partial charge in [0.2, 0.25) is 0 Å². The van der Waals surface area contributed by atoms with Crippen molar-refractivity contribution in [3.63, 3.8) is 0 Å². The number of piperidine rings is 1. The summed E-state index contributed by atoms with van der Waals surface area (Å²) in [6.07, 6.45) is 7.44. The maximum atomic E-state index is 12.5. The third-order valence-corrected chi connectivity index (χ3v) is 6.95. The maximum Gasteiger partial charge on any atom is 0.337 e. The number of hydrogen-bond acceptors (Lipinski definition) is 7. The zero-order valence-electron chi connectivity index (χ0n) is 24.2. The van der Waals surface area contributed by atoms with Crippen molar-refractivity contribution >= 4 is 11.7 Å². The maximum absolute atomic E-state index is 12.5. The van der Waals surface area contributed by atoms with E-state index in [2.05, 4.69) is 23.7 Å². The number of hydrogen-bond donors (Lipinski definition) is 1. The number of carbonyl (C=O) groups is 1. The van der Waals surface area contributed by atoms with Crippen molar-refractivity contribution in [1.82, 2.24) is 9.97 Å². The number of carboxylic acid groups (broad SMARTS) is 1. The highest BCUT2D eigenvalue weighted by molar-refractivity contribution is 5.85. The van der Waals surface area contributed by atoms with Gasteiger partial charge >= 0.3 is 5.97 Å². The van der Waals surface area contributed by atoms with Gasteiger partial charge in [-0.2, -0.15) is 0 Å². The minimum Gasteiger partial charge on any atom is -0.492 e. The van der Waals surface area contributed by atoms with Crippen molar-refractivity contribution in [3.05, 3.63) is 35.8 Å². The summed E-state index contributed by atoms with van der Waals surface area (Å²) in [4.78, 5) is 24.2. The minimum atomic E-state index is -1.15. The molecule has 2 aromatic rings. The number of aromatic nitrogens is 2. The van der Waals surface area contributed by atoms with Crippen molar-refractivity contribution in [2.24, 2.45) is 5.41 Å². The molecule has 1 fully saturated rings. The molecule has 8 nitrogen and oxygen atoms in total. The Morgan fingerprint density at radius 1 is 1.08 bits per heavy atom. The average molecular weight is 528 g/mol. The third-order valence-electron chi connectivity index (χ3n) is 6.95. The Morgan fingerprint density at radius 3 is 2.34 bits per heavy atom. The monoisotopic (exact) mass is 527 g/mol. The van der Waals surface area contributed by atoms with Gasteiger partial charge in [-0.1, -0.05) is 13.8 Å². The van der Waals surface area contributed by atoms with E-state index in [1.165, 1.54) is 0 Å². The van der Waals surface area contributed by atoms with E-state index >= 15 is 0 Å². The number of rotatable bonds is 12. The molecule has 3 rings (SSSR count). The fraction of sp³-hybridized carbons (Fsp3) is 0.633. The molecule has 0 radical (unpaired) electrons. The van der Waals surface area contributed by atoms with E-state index in [1.807, 2.05) is 46.0 Å². The van der Waals surface area contributed by atoms with E-state index in [1.54, 1.807) is 13.3 Å². The van der Waals surface area contributed by atoms with Crippen LogP contribution >= 0.6 is 0 Å². The summed E-state index contributed by atoms with van der Waals surface area (Å²) in [5.41, 5.74) is 3.23. The molecule has 0 aliphatic carbocycles. The summed E-state index contributed by atoms with van der Waals surface area (Å²) in [5, 5.41) is 10.3. The molecule has 0 aromatic carbocycles. The Hall–Kier alpha value is -2.71. The standard InChI is InChI=1S/C30H45N3O5/c1-21-25(27(28(34)35)38-29(2,3)4)26(33-15-13-30(5,6)14-16-33)23(20-31-21)24-12-11-22(19-32-24)37-18-10-8-9-17-36-7/h11-12,19-20,27H,8-10,13-18H2,1-7H3,(H,34,35)/t27-/m0/s1. The van der Waals surface area contributed by atoms with E-state index in [0.717, 1.165) is 68.7 Å². The summed E-state index contributed by atoms with van der Waals surface area (Å²) in [7, 11) is 1.72. The quantitative estimate of drug-likeness (QED) is 0.325. The molecule has 0 bridgehead atoms. The summed E-state index contributed by atoms with van der Waals surface area (Å²) in [6.45, 7) is 15.1. The number of methoxy groups -OCH3 is 1. The first kappa shape index (κ1) is 29.8. The van der Waals surface area contributed by atoms with Crippen LogP contribution in [0.3, 0.4) is 0 Å². The van der Waals surface area contributed by atoms with Gasteiger partial charge in [0.1, 0.15) is 5.75 Å². The highest BCUT2D eigenvalue weighted by atomic mass is 16.5. The van der Waals surface area contributed by atoms with Gasteiger partial charge in [-0.05, 0) is 77.3 Å². The zero-order chi connectivity index (χ0) is 27.9. The van der Waals surface area contributed by atoms with Crippen LogP contribution < -0.4 is 9.64 Å². The largest absolute Gasteiger partial charge is 0.492 e. The Labute approximate surface area is 227 Å². The molecule has 3 heterocycles. The number of anilines is 1. The van der Waals surface area contributed by atoms with Crippen LogP contribution in [0.2, 0.25) is 0 Å². The first-order chi connectivity index (χ1) is 17.9. The fourth-order valence-corrected chi connectivity index (χ4v) is 4.71. The zero-order valence-corrected chi connectivity index (χ0v) is 24.2. The highest BCUT2D eigenvalue weighted by Crippen LogP contribution is 2.43. The second kappa shape index (κ2) is 12.9. The van der Waals surface area contributed by atoms with E-state index < -0.39 is 17.7 Å². The molecule has 0 unspecified atom stereocenters. The predicted octanol–water partition coefficient (Wildman–Crippen LogP) is 6.21. The van der Waals surface area contributed by atoms with Crippen molar-refractivity contribution in [3.8, 4) is 17.0 Å².